The highest BCUT2D eigenvalue weighted by atomic mass is 16.4. The largest absolute Gasteiger partial charge is 0.481 e. The molecule has 2 rings (SSSR count). The van der Waals surface area contributed by atoms with Gasteiger partial charge in [-0.15, -0.1) is 0 Å². The van der Waals surface area contributed by atoms with E-state index in [9.17, 15) is 4.79 Å². The number of fused-ring (bicyclic) bond motifs is 1. The third-order valence-electron chi connectivity index (χ3n) is 3.51. The molecule has 0 saturated heterocycles. The van der Waals surface area contributed by atoms with Crippen molar-refractivity contribution in [2.75, 3.05) is 0 Å². The van der Waals surface area contributed by atoms with Gasteiger partial charge in [-0.25, -0.2) is 0 Å². The number of nitrogens with zero attached hydrogens (tertiary/aromatic N) is 1. The van der Waals surface area contributed by atoms with Crippen LogP contribution < -0.4 is 5.73 Å². The van der Waals surface area contributed by atoms with Crippen LogP contribution in [0.5, 0.6) is 0 Å². The first-order chi connectivity index (χ1) is 9.79. The van der Waals surface area contributed by atoms with Gasteiger partial charge in [-0.3, -0.25) is 9.78 Å². The van der Waals surface area contributed by atoms with E-state index in [1.807, 2.05) is 31.2 Å². The molecule has 0 radical (unpaired) electrons. The van der Waals surface area contributed by atoms with E-state index in [1.54, 1.807) is 32.2 Å². The first kappa shape index (κ1) is 15.2. The van der Waals surface area contributed by atoms with Gasteiger partial charge in [0.1, 0.15) is 0 Å². The van der Waals surface area contributed by atoms with Crippen LogP contribution in [0.3, 0.4) is 0 Å². The lowest BCUT2D eigenvalue weighted by atomic mass is 9.93. The third kappa shape index (κ3) is 3.47. The second-order valence-electron chi connectivity index (χ2n) is 5.86. The van der Waals surface area contributed by atoms with Crippen molar-refractivity contribution in [1.29, 1.82) is 0 Å². The van der Waals surface area contributed by atoms with Crippen LogP contribution >= 0.6 is 0 Å². The number of carboxylic acids is 1. The second-order valence-corrected chi connectivity index (χ2v) is 5.86. The highest BCUT2D eigenvalue weighted by Crippen LogP contribution is 2.22. The van der Waals surface area contributed by atoms with Gasteiger partial charge in [0.15, 0.2) is 0 Å². The van der Waals surface area contributed by atoms with Crippen LogP contribution in [0.25, 0.3) is 16.8 Å². The molecule has 21 heavy (non-hydrogen) atoms. The van der Waals surface area contributed by atoms with Crippen LogP contribution in [-0.2, 0) is 4.79 Å². The van der Waals surface area contributed by atoms with Crippen molar-refractivity contribution in [1.82, 2.24) is 4.98 Å². The van der Waals surface area contributed by atoms with Crippen molar-refractivity contribution in [2.45, 2.75) is 26.8 Å². The number of benzene rings is 1. The average Bonchev–Trinajstić information content (AvgIpc) is 2.44. The van der Waals surface area contributed by atoms with Gasteiger partial charge in [0.2, 0.25) is 0 Å². The molecule has 110 valence electrons. The molecule has 1 aromatic carbocycles. The smallest absolute Gasteiger partial charge is 0.312 e. The molecule has 1 atom stereocenters. The fourth-order valence-corrected chi connectivity index (χ4v) is 1.92. The van der Waals surface area contributed by atoms with E-state index in [4.69, 9.17) is 10.8 Å². The number of hydrogen-bond acceptors (Lipinski definition) is 3. The summed E-state index contributed by atoms with van der Waals surface area (Å²) in [6.07, 6.45) is 5.18. The van der Waals surface area contributed by atoms with Gasteiger partial charge in [-0.05, 0) is 49.9 Å². The highest BCUT2D eigenvalue weighted by Gasteiger charge is 2.23. The standard InChI is InChI=1S/C17H20N2O2/c1-11(18)12-4-5-13-10-19-15(9-14(13)8-12)6-7-17(2,3)16(20)21/h4-11H,18H2,1-3H3,(H,20,21)/b7-6+/t11-/m1/s1. The lowest BCUT2D eigenvalue weighted by Crippen LogP contribution is -2.20. The second kappa shape index (κ2) is 5.66. The molecule has 1 heterocycles. The van der Waals surface area contributed by atoms with Crippen molar-refractivity contribution in [2.24, 2.45) is 11.1 Å². The Labute approximate surface area is 124 Å². The van der Waals surface area contributed by atoms with Crippen molar-refractivity contribution in [3.05, 3.63) is 47.8 Å². The number of carboxylic acid groups (broad SMARTS) is 1. The van der Waals surface area contributed by atoms with Crippen molar-refractivity contribution in [3.8, 4) is 0 Å². The maximum atomic E-state index is 11.1. The molecule has 2 aromatic rings. The summed E-state index contributed by atoms with van der Waals surface area (Å²) in [5.74, 6) is -0.862. The van der Waals surface area contributed by atoms with Crippen LogP contribution in [0.2, 0.25) is 0 Å². The van der Waals surface area contributed by atoms with E-state index in [0.29, 0.717) is 0 Å². The summed E-state index contributed by atoms with van der Waals surface area (Å²) in [6, 6.07) is 7.96. The number of hydrogen-bond donors (Lipinski definition) is 2. The van der Waals surface area contributed by atoms with Gasteiger partial charge in [0.25, 0.3) is 0 Å². The number of aromatic nitrogens is 1. The predicted octanol–water partition coefficient (Wildman–Crippen LogP) is 3.38. The minimum absolute atomic E-state index is 0.0208. The highest BCUT2D eigenvalue weighted by molar-refractivity contribution is 5.84. The molecular weight excluding hydrogens is 264 g/mol. The monoisotopic (exact) mass is 284 g/mol. The maximum absolute atomic E-state index is 11.1. The summed E-state index contributed by atoms with van der Waals surface area (Å²) >= 11 is 0. The SMILES string of the molecule is C[C@@H](N)c1ccc2cnc(/C=C/C(C)(C)C(=O)O)cc2c1. The zero-order chi connectivity index (χ0) is 15.6. The Hall–Kier alpha value is -2.20. The molecule has 4 nitrogen and oxygen atoms in total. The van der Waals surface area contributed by atoms with Gasteiger partial charge in [0.05, 0.1) is 11.1 Å². The first-order valence-corrected chi connectivity index (χ1v) is 6.87. The van der Waals surface area contributed by atoms with E-state index in [0.717, 1.165) is 22.0 Å². The summed E-state index contributed by atoms with van der Waals surface area (Å²) in [5.41, 5.74) is 6.78. The van der Waals surface area contributed by atoms with E-state index < -0.39 is 11.4 Å². The quantitative estimate of drug-likeness (QED) is 0.902. The molecule has 0 spiro atoms. The Morgan fingerprint density at radius 2 is 2.05 bits per heavy atom. The first-order valence-electron chi connectivity index (χ1n) is 6.87. The fourth-order valence-electron chi connectivity index (χ4n) is 1.92. The van der Waals surface area contributed by atoms with E-state index >= 15 is 0 Å². The number of aliphatic carboxylic acids is 1. The van der Waals surface area contributed by atoms with Gasteiger partial charge < -0.3 is 10.8 Å². The molecule has 0 fully saturated rings. The van der Waals surface area contributed by atoms with Crippen LogP contribution in [0.4, 0.5) is 0 Å². The van der Waals surface area contributed by atoms with Crippen molar-refractivity contribution >= 4 is 22.8 Å². The molecule has 1 aromatic heterocycles. The molecule has 0 amide bonds. The molecular formula is C17H20N2O2. The fraction of sp³-hybridized carbons (Fsp3) is 0.294. The minimum Gasteiger partial charge on any atom is -0.481 e. The summed E-state index contributed by atoms with van der Waals surface area (Å²) in [4.78, 5) is 15.4. The number of rotatable bonds is 4. The number of nitrogens with two attached hydrogens (primary N) is 1. The van der Waals surface area contributed by atoms with Gasteiger partial charge in [0, 0.05) is 17.6 Å². The summed E-state index contributed by atoms with van der Waals surface area (Å²) in [6.45, 7) is 5.25. The Morgan fingerprint density at radius 3 is 2.67 bits per heavy atom. The van der Waals surface area contributed by atoms with E-state index in [1.165, 1.54) is 0 Å². The van der Waals surface area contributed by atoms with E-state index in [2.05, 4.69) is 4.98 Å². The molecule has 0 aliphatic rings. The predicted molar refractivity (Wildman–Crippen MR) is 84.8 cm³/mol. The summed E-state index contributed by atoms with van der Waals surface area (Å²) in [5, 5.41) is 11.2. The Balaban J connectivity index is 2.38. The van der Waals surface area contributed by atoms with Crippen LogP contribution in [-0.4, -0.2) is 16.1 Å². The molecule has 0 aliphatic carbocycles. The summed E-state index contributed by atoms with van der Waals surface area (Å²) in [7, 11) is 0. The van der Waals surface area contributed by atoms with Crippen LogP contribution in [0.15, 0.2) is 36.5 Å². The Morgan fingerprint density at radius 1 is 1.33 bits per heavy atom. The van der Waals surface area contributed by atoms with Gasteiger partial charge in [-0.2, -0.15) is 0 Å². The van der Waals surface area contributed by atoms with Crippen LogP contribution in [0, 0.1) is 5.41 Å². The number of pyridine rings is 1. The maximum Gasteiger partial charge on any atom is 0.312 e. The summed E-state index contributed by atoms with van der Waals surface area (Å²) < 4.78 is 0. The van der Waals surface area contributed by atoms with E-state index in [-0.39, 0.29) is 6.04 Å². The van der Waals surface area contributed by atoms with Gasteiger partial charge >= 0.3 is 5.97 Å². The molecule has 0 saturated carbocycles. The normalized spacial score (nSPS) is 13.7. The lowest BCUT2D eigenvalue weighted by molar-refractivity contribution is -0.144. The minimum atomic E-state index is -0.912. The molecule has 0 bridgehead atoms. The molecule has 0 aliphatic heterocycles. The molecule has 3 N–H and O–H groups in total. The zero-order valence-corrected chi connectivity index (χ0v) is 12.5. The van der Waals surface area contributed by atoms with Crippen molar-refractivity contribution < 1.29 is 9.90 Å². The van der Waals surface area contributed by atoms with Crippen LogP contribution in [0.1, 0.15) is 38.1 Å². The third-order valence-corrected chi connectivity index (χ3v) is 3.51. The Bertz CT molecular complexity index is 703. The van der Waals surface area contributed by atoms with Gasteiger partial charge in [-0.1, -0.05) is 18.2 Å². The number of carbonyl (C=O) groups is 1. The molecule has 0 unspecified atom stereocenters. The molecule has 4 heteroatoms. The zero-order valence-electron chi connectivity index (χ0n) is 12.5. The topological polar surface area (TPSA) is 76.2 Å². The Kier molecular flexibility index (Phi) is 4.09. The van der Waals surface area contributed by atoms with Crippen molar-refractivity contribution in [3.63, 3.8) is 0 Å². The lowest BCUT2D eigenvalue weighted by Gasteiger charge is -2.13. The average molecular weight is 284 g/mol.